The number of aldehydes is 1. The van der Waals surface area contributed by atoms with Crippen LogP contribution in [0.5, 0.6) is 0 Å². The number of hydrogen-bond donors (Lipinski definition) is 0. The summed E-state index contributed by atoms with van der Waals surface area (Å²) in [7, 11) is 0. The zero-order valence-corrected chi connectivity index (χ0v) is 9.50. The minimum Gasteiger partial charge on any atom is -0.379 e. The summed E-state index contributed by atoms with van der Waals surface area (Å²) in [4.78, 5) is 11.1. The maximum atomic E-state index is 11.1. The van der Waals surface area contributed by atoms with Gasteiger partial charge in [0.1, 0.15) is 6.29 Å². The molecule has 1 aliphatic rings. The van der Waals surface area contributed by atoms with Crippen LogP contribution in [0, 0.1) is 6.92 Å². The number of hydrogen-bond acceptors (Lipinski definition) is 2. The van der Waals surface area contributed by atoms with Crippen LogP contribution in [0.4, 0.5) is 0 Å². The van der Waals surface area contributed by atoms with Crippen LogP contribution in [0.15, 0.2) is 22.7 Å². The van der Waals surface area contributed by atoms with E-state index in [1.807, 2.05) is 25.1 Å². The fourth-order valence-corrected chi connectivity index (χ4v) is 2.10. The van der Waals surface area contributed by atoms with E-state index in [0.29, 0.717) is 13.2 Å². The van der Waals surface area contributed by atoms with Gasteiger partial charge in [0.05, 0.1) is 18.6 Å². The highest BCUT2D eigenvalue weighted by molar-refractivity contribution is 9.10. The van der Waals surface area contributed by atoms with Crippen molar-refractivity contribution in [3.8, 4) is 0 Å². The minimum atomic E-state index is -0.395. The second-order valence-electron chi connectivity index (χ2n) is 3.73. The standard InChI is InChI=1S/C11H11BrO2/c1-8-2-3-9(12)4-10(8)11(5-13)6-14-7-11/h2-5H,6-7H2,1H3. The predicted octanol–water partition coefficient (Wildman–Crippen LogP) is 2.22. The first-order chi connectivity index (χ1) is 6.68. The summed E-state index contributed by atoms with van der Waals surface area (Å²) < 4.78 is 6.14. The molecule has 0 atom stereocenters. The molecule has 0 spiro atoms. The van der Waals surface area contributed by atoms with Crippen molar-refractivity contribution >= 4 is 22.2 Å². The molecule has 2 rings (SSSR count). The molecule has 0 unspecified atom stereocenters. The summed E-state index contributed by atoms with van der Waals surface area (Å²) in [6.07, 6.45) is 1.01. The van der Waals surface area contributed by atoms with Gasteiger partial charge in [0.2, 0.25) is 0 Å². The van der Waals surface area contributed by atoms with Crippen LogP contribution < -0.4 is 0 Å². The lowest BCUT2D eigenvalue weighted by atomic mass is 9.78. The molecule has 1 saturated heterocycles. The zero-order valence-electron chi connectivity index (χ0n) is 7.92. The molecule has 1 aromatic rings. The summed E-state index contributed by atoms with van der Waals surface area (Å²) in [5, 5.41) is 0. The van der Waals surface area contributed by atoms with Crippen LogP contribution in [0.3, 0.4) is 0 Å². The van der Waals surface area contributed by atoms with Crippen LogP contribution in [-0.2, 0) is 14.9 Å². The van der Waals surface area contributed by atoms with Crippen LogP contribution in [0.1, 0.15) is 11.1 Å². The molecule has 74 valence electrons. The lowest BCUT2D eigenvalue weighted by Crippen LogP contribution is -2.48. The summed E-state index contributed by atoms with van der Waals surface area (Å²) >= 11 is 3.41. The number of rotatable bonds is 2. The Morgan fingerprint density at radius 1 is 1.50 bits per heavy atom. The molecule has 0 saturated carbocycles. The predicted molar refractivity (Wildman–Crippen MR) is 57.4 cm³/mol. The zero-order chi connectivity index (χ0) is 10.2. The van der Waals surface area contributed by atoms with E-state index in [-0.39, 0.29) is 0 Å². The summed E-state index contributed by atoms with van der Waals surface area (Å²) in [5.74, 6) is 0. The molecule has 0 N–H and O–H groups in total. The Balaban J connectivity index is 2.48. The smallest absolute Gasteiger partial charge is 0.135 e. The molecule has 0 bridgehead atoms. The van der Waals surface area contributed by atoms with Crippen molar-refractivity contribution in [2.75, 3.05) is 13.2 Å². The minimum absolute atomic E-state index is 0.395. The van der Waals surface area contributed by atoms with E-state index in [1.165, 1.54) is 0 Å². The highest BCUT2D eigenvalue weighted by Gasteiger charge is 2.41. The third-order valence-electron chi connectivity index (χ3n) is 2.68. The molecule has 0 aromatic heterocycles. The van der Waals surface area contributed by atoms with Gasteiger partial charge < -0.3 is 9.53 Å². The van der Waals surface area contributed by atoms with Crippen molar-refractivity contribution in [3.63, 3.8) is 0 Å². The molecule has 14 heavy (non-hydrogen) atoms. The molecule has 1 fully saturated rings. The first-order valence-electron chi connectivity index (χ1n) is 4.49. The first-order valence-corrected chi connectivity index (χ1v) is 5.28. The Labute approximate surface area is 91.4 Å². The van der Waals surface area contributed by atoms with Gasteiger partial charge in [-0.2, -0.15) is 0 Å². The van der Waals surface area contributed by atoms with Crippen molar-refractivity contribution in [1.29, 1.82) is 0 Å². The monoisotopic (exact) mass is 254 g/mol. The summed E-state index contributed by atoms with van der Waals surface area (Å²) in [5.41, 5.74) is 1.82. The molecule has 0 radical (unpaired) electrons. The van der Waals surface area contributed by atoms with Crippen LogP contribution >= 0.6 is 15.9 Å². The van der Waals surface area contributed by atoms with Crippen molar-refractivity contribution in [2.45, 2.75) is 12.3 Å². The average molecular weight is 255 g/mol. The second-order valence-corrected chi connectivity index (χ2v) is 4.64. The fraction of sp³-hybridized carbons (Fsp3) is 0.364. The number of carbonyl (C=O) groups excluding carboxylic acids is 1. The fourth-order valence-electron chi connectivity index (χ4n) is 1.74. The molecule has 0 aliphatic carbocycles. The normalized spacial score (nSPS) is 18.7. The van der Waals surface area contributed by atoms with Gasteiger partial charge in [0.15, 0.2) is 0 Å². The quantitative estimate of drug-likeness (QED) is 0.757. The maximum absolute atomic E-state index is 11.1. The van der Waals surface area contributed by atoms with Gasteiger partial charge in [0.25, 0.3) is 0 Å². The average Bonchev–Trinajstić information content (AvgIpc) is 2.10. The van der Waals surface area contributed by atoms with Crippen molar-refractivity contribution in [1.82, 2.24) is 0 Å². The molecule has 1 heterocycles. The summed E-state index contributed by atoms with van der Waals surface area (Å²) in [6.45, 7) is 3.03. The maximum Gasteiger partial charge on any atom is 0.135 e. The number of benzene rings is 1. The first kappa shape index (κ1) is 9.87. The van der Waals surface area contributed by atoms with Crippen LogP contribution in [0.2, 0.25) is 0 Å². The van der Waals surface area contributed by atoms with Crippen molar-refractivity contribution in [2.24, 2.45) is 0 Å². The van der Waals surface area contributed by atoms with Gasteiger partial charge in [0, 0.05) is 4.47 Å². The van der Waals surface area contributed by atoms with E-state index in [0.717, 1.165) is 21.9 Å². The van der Waals surface area contributed by atoms with Gasteiger partial charge in [-0.25, -0.2) is 0 Å². The molecule has 1 aliphatic heterocycles. The van der Waals surface area contributed by atoms with Gasteiger partial charge >= 0.3 is 0 Å². The molecule has 3 heteroatoms. The third-order valence-corrected chi connectivity index (χ3v) is 3.17. The topological polar surface area (TPSA) is 26.3 Å². The number of carbonyl (C=O) groups is 1. The highest BCUT2D eigenvalue weighted by atomic mass is 79.9. The Morgan fingerprint density at radius 2 is 2.21 bits per heavy atom. The third kappa shape index (κ3) is 1.41. The molecular weight excluding hydrogens is 244 g/mol. The highest BCUT2D eigenvalue weighted by Crippen LogP contribution is 2.33. The Hall–Kier alpha value is -0.670. The van der Waals surface area contributed by atoms with Gasteiger partial charge in [-0.3, -0.25) is 0 Å². The van der Waals surface area contributed by atoms with Gasteiger partial charge in [-0.1, -0.05) is 22.0 Å². The largest absolute Gasteiger partial charge is 0.379 e. The Morgan fingerprint density at radius 3 is 2.71 bits per heavy atom. The molecule has 1 aromatic carbocycles. The lowest BCUT2D eigenvalue weighted by molar-refractivity contribution is -0.129. The van der Waals surface area contributed by atoms with E-state index >= 15 is 0 Å². The van der Waals surface area contributed by atoms with Crippen molar-refractivity contribution in [3.05, 3.63) is 33.8 Å². The van der Waals surface area contributed by atoms with Gasteiger partial charge in [-0.15, -0.1) is 0 Å². The number of ether oxygens (including phenoxy) is 1. The van der Waals surface area contributed by atoms with Crippen LogP contribution in [0.25, 0.3) is 0 Å². The molecular formula is C11H11BrO2. The van der Waals surface area contributed by atoms with Gasteiger partial charge in [-0.05, 0) is 30.2 Å². The number of halogens is 1. The van der Waals surface area contributed by atoms with E-state index in [2.05, 4.69) is 15.9 Å². The molecule has 2 nitrogen and oxygen atoms in total. The summed E-state index contributed by atoms with van der Waals surface area (Å²) in [6, 6.07) is 6.01. The van der Waals surface area contributed by atoms with Crippen LogP contribution in [-0.4, -0.2) is 19.5 Å². The lowest BCUT2D eigenvalue weighted by Gasteiger charge is -2.37. The van der Waals surface area contributed by atoms with Crippen molar-refractivity contribution < 1.29 is 9.53 Å². The van der Waals surface area contributed by atoms with E-state index < -0.39 is 5.41 Å². The SMILES string of the molecule is Cc1ccc(Br)cc1C1(C=O)COC1. The molecule has 0 amide bonds. The Bertz CT molecular complexity index is 370. The number of aryl methyl sites for hydroxylation is 1. The van der Waals surface area contributed by atoms with E-state index in [9.17, 15) is 4.79 Å². The van der Waals surface area contributed by atoms with E-state index in [1.54, 1.807) is 0 Å². The van der Waals surface area contributed by atoms with E-state index in [4.69, 9.17) is 4.74 Å². The Kier molecular flexibility index (Phi) is 2.45. The second kappa shape index (κ2) is 3.48.